The molecule has 0 amide bonds. The fourth-order valence-electron chi connectivity index (χ4n) is 4.47. The van der Waals surface area contributed by atoms with E-state index in [0.29, 0.717) is 6.04 Å². The lowest BCUT2D eigenvalue weighted by molar-refractivity contribution is 0.451. The van der Waals surface area contributed by atoms with Crippen molar-refractivity contribution in [3.05, 3.63) is 70.2 Å². The van der Waals surface area contributed by atoms with E-state index in [-0.39, 0.29) is 5.41 Å². The highest BCUT2D eigenvalue weighted by atomic mass is 32.1. The summed E-state index contributed by atoms with van der Waals surface area (Å²) in [5.41, 5.74) is 7.71. The first-order valence-corrected chi connectivity index (χ1v) is 11.6. The topological polar surface area (TPSA) is 47.1 Å². The zero-order chi connectivity index (χ0) is 20.9. The second-order valence-electron chi connectivity index (χ2n) is 9.28. The molecule has 3 aromatic heterocycles. The van der Waals surface area contributed by atoms with Gasteiger partial charge in [0.25, 0.3) is 0 Å². The number of hydrogen-bond acceptors (Lipinski definition) is 4. The van der Waals surface area contributed by atoms with Gasteiger partial charge in [0.2, 0.25) is 0 Å². The summed E-state index contributed by atoms with van der Waals surface area (Å²) in [6, 6.07) is 9.20. The predicted octanol–water partition coefficient (Wildman–Crippen LogP) is 5.35. The number of fused-ring (bicyclic) bond motifs is 2. The smallest absolute Gasteiger partial charge is 0.194 e. The molecule has 5 nitrogen and oxygen atoms in total. The molecule has 0 aliphatic heterocycles. The average molecular weight is 420 g/mol. The minimum absolute atomic E-state index is 0.163. The molecule has 0 saturated carbocycles. The van der Waals surface area contributed by atoms with Gasteiger partial charge in [0.15, 0.2) is 4.96 Å². The van der Waals surface area contributed by atoms with Gasteiger partial charge in [0.05, 0.1) is 23.3 Å². The minimum Gasteiger partial charge on any atom is -0.304 e. The third-order valence-corrected chi connectivity index (χ3v) is 6.99. The van der Waals surface area contributed by atoms with E-state index in [1.165, 1.54) is 28.9 Å². The van der Waals surface area contributed by atoms with Crippen LogP contribution in [0.4, 0.5) is 0 Å². The van der Waals surface area contributed by atoms with Crippen LogP contribution in [0.25, 0.3) is 10.6 Å². The van der Waals surface area contributed by atoms with Crippen molar-refractivity contribution in [1.29, 1.82) is 0 Å². The second-order valence-corrected chi connectivity index (χ2v) is 10.2. The maximum Gasteiger partial charge on any atom is 0.194 e. The first-order chi connectivity index (χ1) is 14.4. The number of aryl methyl sites for hydroxylation is 1. The molecule has 1 aromatic carbocycles. The number of rotatable bonds is 4. The van der Waals surface area contributed by atoms with Crippen molar-refractivity contribution in [2.24, 2.45) is 0 Å². The van der Waals surface area contributed by atoms with Gasteiger partial charge < -0.3 is 5.32 Å². The van der Waals surface area contributed by atoms with E-state index in [1.807, 2.05) is 0 Å². The molecular weight excluding hydrogens is 390 g/mol. The van der Waals surface area contributed by atoms with Crippen LogP contribution in [-0.2, 0) is 18.4 Å². The van der Waals surface area contributed by atoms with Crippen molar-refractivity contribution >= 4 is 16.3 Å². The molecule has 1 atom stereocenters. The predicted molar refractivity (Wildman–Crippen MR) is 123 cm³/mol. The Morgan fingerprint density at radius 1 is 1.20 bits per heavy atom. The molecule has 1 N–H and O–H groups in total. The number of nitrogens with one attached hydrogen (secondary N) is 1. The highest BCUT2D eigenvalue weighted by Gasteiger charge is 2.25. The minimum atomic E-state index is 0.163. The van der Waals surface area contributed by atoms with Crippen LogP contribution in [0.3, 0.4) is 0 Å². The quantitative estimate of drug-likeness (QED) is 0.485. The maximum atomic E-state index is 4.78. The number of aromatic nitrogens is 4. The van der Waals surface area contributed by atoms with Crippen LogP contribution in [0.1, 0.15) is 67.9 Å². The fraction of sp³-hybridized carbons (Fsp3) is 0.417. The van der Waals surface area contributed by atoms with Gasteiger partial charge in [-0.1, -0.05) is 32.9 Å². The van der Waals surface area contributed by atoms with Crippen molar-refractivity contribution in [3.63, 3.8) is 0 Å². The summed E-state index contributed by atoms with van der Waals surface area (Å²) in [6.07, 6.45) is 7.58. The summed E-state index contributed by atoms with van der Waals surface area (Å²) in [5.74, 6) is 0. The summed E-state index contributed by atoms with van der Waals surface area (Å²) in [5, 5.41) is 10.7. The zero-order valence-electron chi connectivity index (χ0n) is 18.1. The maximum absolute atomic E-state index is 4.78. The number of nitrogens with zero attached hydrogens (tertiary/aromatic N) is 4. The van der Waals surface area contributed by atoms with Crippen LogP contribution in [0, 0.1) is 6.92 Å². The highest BCUT2D eigenvalue weighted by Crippen LogP contribution is 2.32. The van der Waals surface area contributed by atoms with Crippen LogP contribution in [0.15, 0.2) is 42.0 Å². The lowest BCUT2D eigenvalue weighted by atomic mass is 9.87. The Labute approximate surface area is 181 Å². The van der Waals surface area contributed by atoms with Crippen LogP contribution < -0.4 is 5.32 Å². The Balaban J connectivity index is 1.39. The lowest BCUT2D eigenvalue weighted by Crippen LogP contribution is -2.25. The number of benzene rings is 1. The lowest BCUT2D eigenvalue weighted by Gasteiger charge is -2.24. The van der Waals surface area contributed by atoms with Gasteiger partial charge in [-0.15, -0.1) is 11.3 Å². The van der Waals surface area contributed by atoms with Gasteiger partial charge in [0, 0.05) is 35.4 Å². The molecule has 6 heteroatoms. The van der Waals surface area contributed by atoms with E-state index in [4.69, 9.17) is 5.10 Å². The molecular formula is C24H29N5S. The third-order valence-electron chi connectivity index (χ3n) is 6.24. The second kappa shape index (κ2) is 7.36. The number of hydrogen-bond donors (Lipinski definition) is 1. The Kier molecular flexibility index (Phi) is 4.79. The Morgan fingerprint density at radius 2 is 2.00 bits per heavy atom. The van der Waals surface area contributed by atoms with E-state index < -0.39 is 0 Å². The average Bonchev–Trinajstić information content (AvgIpc) is 3.41. The molecule has 0 bridgehead atoms. The highest BCUT2D eigenvalue weighted by molar-refractivity contribution is 7.15. The SMILES string of the molecule is Cc1nc2sccn2c1CN[C@H]1CCCc2c1cnn2-c1ccc(C(C)(C)C)cc1. The van der Waals surface area contributed by atoms with Crippen molar-refractivity contribution < 1.29 is 0 Å². The van der Waals surface area contributed by atoms with E-state index in [1.54, 1.807) is 11.3 Å². The zero-order valence-corrected chi connectivity index (χ0v) is 19.0. The molecule has 156 valence electrons. The van der Waals surface area contributed by atoms with E-state index >= 15 is 0 Å². The van der Waals surface area contributed by atoms with Gasteiger partial charge in [-0.25, -0.2) is 9.67 Å². The summed E-state index contributed by atoms with van der Waals surface area (Å²) in [4.78, 5) is 5.74. The molecule has 0 spiro atoms. The summed E-state index contributed by atoms with van der Waals surface area (Å²) < 4.78 is 4.34. The van der Waals surface area contributed by atoms with Crippen molar-refractivity contribution in [3.8, 4) is 5.69 Å². The fourth-order valence-corrected chi connectivity index (χ4v) is 5.25. The number of imidazole rings is 1. The largest absolute Gasteiger partial charge is 0.304 e. The molecule has 4 aromatic rings. The Morgan fingerprint density at radius 3 is 2.77 bits per heavy atom. The first kappa shape index (κ1) is 19.5. The Hall–Kier alpha value is -2.44. The summed E-state index contributed by atoms with van der Waals surface area (Å²) in [7, 11) is 0. The first-order valence-electron chi connectivity index (χ1n) is 10.7. The third kappa shape index (κ3) is 3.38. The monoisotopic (exact) mass is 419 g/mol. The summed E-state index contributed by atoms with van der Waals surface area (Å²) >= 11 is 1.69. The standard InChI is InChI=1S/C24H29N5S/c1-16-22(28-12-13-30-23(28)27-16)15-25-20-6-5-7-21-19(20)14-26-29(21)18-10-8-17(9-11-18)24(2,3)4/h8-14,20,25H,5-7,15H2,1-4H3/t20-/m0/s1. The van der Waals surface area contributed by atoms with Crippen molar-refractivity contribution in [2.75, 3.05) is 0 Å². The molecule has 30 heavy (non-hydrogen) atoms. The van der Waals surface area contributed by atoms with E-state index in [0.717, 1.165) is 35.7 Å². The van der Waals surface area contributed by atoms with Gasteiger partial charge in [-0.3, -0.25) is 4.40 Å². The molecule has 5 rings (SSSR count). The van der Waals surface area contributed by atoms with Crippen LogP contribution in [0.2, 0.25) is 0 Å². The van der Waals surface area contributed by atoms with E-state index in [2.05, 4.69) is 89.1 Å². The van der Waals surface area contributed by atoms with E-state index in [9.17, 15) is 0 Å². The van der Waals surface area contributed by atoms with Gasteiger partial charge in [0.1, 0.15) is 0 Å². The normalized spacial score (nSPS) is 16.9. The Bertz CT molecular complexity index is 1170. The van der Waals surface area contributed by atoms with Crippen LogP contribution in [-0.4, -0.2) is 19.2 Å². The van der Waals surface area contributed by atoms with Crippen molar-refractivity contribution in [1.82, 2.24) is 24.5 Å². The molecule has 0 saturated heterocycles. The molecule has 0 fully saturated rings. The molecule has 1 aliphatic carbocycles. The van der Waals surface area contributed by atoms with Crippen LogP contribution >= 0.6 is 11.3 Å². The molecule has 0 radical (unpaired) electrons. The van der Waals surface area contributed by atoms with Crippen LogP contribution in [0.5, 0.6) is 0 Å². The molecule has 0 unspecified atom stereocenters. The molecule has 1 aliphatic rings. The van der Waals surface area contributed by atoms with Gasteiger partial charge >= 0.3 is 0 Å². The summed E-state index contributed by atoms with van der Waals surface area (Å²) in [6.45, 7) is 9.67. The van der Waals surface area contributed by atoms with Crippen molar-refractivity contribution in [2.45, 2.75) is 65.0 Å². The molecule has 3 heterocycles. The number of thiazole rings is 1. The van der Waals surface area contributed by atoms with Gasteiger partial charge in [-0.2, -0.15) is 5.10 Å². The van der Waals surface area contributed by atoms with Gasteiger partial charge in [-0.05, 0) is 49.3 Å².